The molecule has 1 unspecified atom stereocenters. The molecule has 0 saturated heterocycles. The molecule has 5 heteroatoms. The van der Waals surface area contributed by atoms with E-state index in [4.69, 9.17) is 4.74 Å². The predicted octanol–water partition coefficient (Wildman–Crippen LogP) is 5.19. The first-order chi connectivity index (χ1) is 11.5. The van der Waals surface area contributed by atoms with E-state index in [0.717, 1.165) is 16.6 Å². The van der Waals surface area contributed by atoms with Gasteiger partial charge in [-0.15, -0.1) is 0 Å². The molecule has 4 nitrogen and oxygen atoms in total. The van der Waals surface area contributed by atoms with Gasteiger partial charge < -0.3 is 8.97 Å². The second-order valence-electron chi connectivity index (χ2n) is 8.61. The minimum absolute atomic E-state index is 0.143. The molecule has 0 radical (unpaired) electrons. The monoisotopic (exact) mass is 360 g/mol. The molecule has 0 aromatic carbocycles. The van der Waals surface area contributed by atoms with Gasteiger partial charge in [0, 0.05) is 17.8 Å². The maximum atomic E-state index is 12.6. The summed E-state index contributed by atoms with van der Waals surface area (Å²) in [5.41, 5.74) is 2.03. The van der Waals surface area contributed by atoms with Crippen LogP contribution < -0.4 is 0 Å². The molecule has 0 aliphatic heterocycles. The van der Waals surface area contributed by atoms with Crippen LogP contribution in [-0.2, 0) is 9.53 Å². The molecule has 2 rings (SSSR count). The van der Waals surface area contributed by atoms with E-state index in [1.54, 1.807) is 0 Å². The maximum Gasteiger partial charge on any atom is 0.313 e. The Kier molecular flexibility index (Phi) is 5.47. The molecule has 0 saturated carbocycles. The highest BCUT2D eigenvalue weighted by atomic mass is 28.3. The largest absolute Gasteiger partial charge is 0.466 e. The summed E-state index contributed by atoms with van der Waals surface area (Å²) < 4.78 is 7.74. The Bertz CT molecular complexity index is 757. The number of nitrogens with zero attached hydrogens (tertiary/aromatic N) is 2. The fourth-order valence-corrected chi connectivity index (χ4v) is 5.00. The zero-order valence-electron chi connectivity index (χ0n) is 16.9. The average Bonchev–Trinajstić information content (AvgIpc) is 2.86. The molecule has 0 spiro atoms. The van der Waals surface area contributed by atoms with Crippen molar-refractivity contribution in [2.45, 2.75) is 65.6 Å². The lowest BCUT2D eigenvalue weighted by Crippen LogP contribution is -2.45. The summed E-state index contributed by atoms with van der Waals surface area (Å²) >= 11 is 0. The molecular formula is C20H32N2O2Si. The van der Waals surface area contributed by atoms with Crippen molar-refractivity contribution in [2.75, 3.05) is 6.61 Å². The summed E-state index contributed by atoms with van der Waals surface area (Å²) in [4.78, 5) is 17.3. The number of pyridine rings is 1. The smallest absolute Gasteiger partial charge is 0.313 e. The van der Waals surface area contributed by atoms with E-state index >= 15 is 0 Å². The van der Waals surface area contributed by atoms with Gasteiger partial charge in [-0.05, 0) is 35.6 Å². The lowest BCUT2D eigenvalue weighted by molar-refractivity contribution is -0.146. The van der Waals surface area contributed by atoms with Gasteiger partial charge in [0.05, 0.1) is 12.5 Å². The SMILES string of the molecule is CCOC(=O)C(c1cn([Si](C)(C)C(C)(C)C)c2ncccc12)C(C)C. The van der Waals surface area contributed by atoms with Crippen molar-refractivity contribution in [3.8, 4) is 0 Å². The van der Waals surface area contributed by atoms with Crippen LogP contribution in [0.3, 0.4) is 0 Å². The van der Waals surface area contributed by atoms with Gasteiger partial charge in [0.2, 0.25) is 0 Å². The topological polar surface area (TPSA) is 44.1 Å². The fraction of sp³-hybridized carbons (Fsp3) is 0.600. The lowest BCUT2D eigenvalue weighted by atomic mass is 9.88. The van der Waals surface area contributed by atoms with Crippen molar-refractivity contribution in [1.29, 1.82) is 0 Å². The van der Waals surface area contributed by atoms with E-state index in [2.05, 4.69) is 69.2 Å². The number of fused-ring (bicyclic) bond motifs is 1. The molecule has 0 fully saturated rings. The van der Waals surface area contributed by atoms with E-state index in [9.17, 15) is 4.79 Å². The molecule has 2 aromatic rings. The van der Waals surface area contributed by atoms with Crippen LogP contribution in [-0.4, -0.2) is 30.0 Å². The number of rotatable bonds is 5. The van der Waals surface area contributed by atoms with Crippen LogP contribution in [0.15, 0.2) is 24.5 Å². The molecule has 0 amide bonds. The average molecular weight is 361 g/mol. The van der Waals surface area contributed by atoms with Gasteiger partial charge >= 0.3 is 5.97 Å². The van der Waals surface area contributed by atoms with E-state index in [-0.39, 0.29) is 22.8 Å². The minimum Gasteiger partial charge on any atom is -0.466 e. The summed E-state index contributed by atoms with van der Waals surface area (Å²) in [6.45, 7) is 18.0. The van der Waals surface area contributed by atoms with Crippen molar-refractivity contribution >= 4 is 25.2 Å². The highest BCUT2D eigenvalue weighted by molar-refractivity contribution is 6.79. The first-order valence-electron chi connectivity index (χ1n) is 9.15. The summed E-state index contributed by atoms with van der Waals surface area (Å²) in [7, 11) is -1.86. The Balaban J connectivity index is 2.72. The standard InChI is InChI=1S/C20H32N2O2Si/c1-9-24-19(23)17(14(2)3)16-13-22(25(7,8)20(4,5)6)18-15(16)11-10-12-21-18/h10-14,17H,9H2,1-8H3. The number of aromatic nitrogens is 2. The Labute approximate surface area is 152 Å². The quantitative estimate of drug-likeness (QED) is 0.544. The zero-order valence-corrected chi connectivity index (χ0v) is 17.9. The van der Waals surface area contributed by atoms with E-state index < -0.39 is 8.24 Å². The molecule has 25 heavy (non-hydrogen) atoms. The Morgan fingerprint density at radius 2 is 1.96 bits per heavy atom. The lowest BCUT2D eigenvalue weighted by Gasteiger charge is -2.38. The summed E-state index contributed by atoms with van der Waals surface area (Å²) in [6.07, 6.45) is 4.02. The van der Waals surface area contributed by atoms with Crippen LogP contribution in [0, 0.1) is 5.92 Å². The Morgan fingerprint density at radius 3 is 2.48 bits per heavy atom. The molecule has 1 atom stereocenters. The number of hydrogen-bond donors (Lipinski definition) is 0. The summed E-state index contributed by atoms with van der Waals surface area (Å²) in [5.74, 6) is -0.244. The molecule has 0 aliphatic carbocycles. The van der Waals surface area contributed by atoms with E-state index in [1.807, 2.05) is 19.2 Å². The van der Waals surface area contributed by atoms with E-state index in [1.165, 1.54) is 0 Å². The Hall–Kier alpha value is -1.62. The first-order valence-corrected chi connectivity index (χ1v) is 12.1. The maximum absolute atomic E-state index is 12.6. The van der Waals surface area contributed by atoms with Gasteiger partial charge in [0.1, 0.15) is 5.65 Å². The molecular weight excluding hydrogens is 328 g/mol. The van der Waals surface area contributed by atoms with Crippen LogP contribution >= 0.6 is 0 Å². The molecule has 138 valence electrons. The van der Waals surface area contributed by atoms with Gasteiger partial charge in [-0.25, -0.2) is 4.98 Å². The molecule has 0 aliphatic rings. The van der Waals surface area contributed by atoms with Crippen molar-refractivity contribution in [2.24, 2.45) is 5.92 Å². The second-order valence-corrected chi connectivity index (χ2v) is 13.7. The van der Waals surface area contributed by atoms with Crippen LogP contribution in [0.25, 0.3) is 11.0 Å². The number of ether oxygens (including phenoxy) is 1. The third-order valence-electron chi connectivity index (χ3n) is 5.57. The number of esters is 1. The Morgan fingerprint density at radius 1 is 1.32 bits per heavy atom. The van der Waals surface area contributed by atoms with Gasteiger partial charge in [-0.2, -0.15) is 0 Å². The van der Waals surface area contributed by atoms with Gasteiger partial charge in [-0.3, -0.25) is 4.79 Å². The van der Waals surface area contributed by atoms with E-state index in [0.29, 0.717) is 6.61 Å². The van der Waals surface area contributed by atoms with Crippen molar-refractivity contribution in [3.05, 3.63) is 30.1 Å². The predicted molar refractivity (Wildman–Crippen MR) is 107 cm³/mol. The van der Waals surface area contributed by atoms with Crippen molar-refractivity contribution in [3.63, 3.8) is 0 Å². The number of hydrogen-bond acceptors (Lipinski definition) is 3. The zero-order chi connectivity index (χ0) is 19.0. The number of carbonyl (C=O) groups excluding carboxylic acids is 1. The third kappa shape index (κ3) is 3.52. The highest BCUT2D eigenvalue weighted by Gasteiger charge is 2.40. The second kappa shape index (κ2) is 6.94. The first kappa shape index (κ1) is 19.7. The van der Waals surface area contributed by atoms with Gasteiger partial charge in [0.15, 0.2) is 8.24 Å². The molecule has 2 heterocycles. The normalized spacial score (nSPS) is 14.1. The van der Waals surface area contributed by atoms with Gasteiger partial charge in [0.25, 0.3) is 0 Å². The van der Waals surface area contributed by atoms with Crippen molar-refractivity contribution in [1.82, 2.24) is 9.22 Å². The molecule has 0 bridgehead atoms. The summed E-state index contributed by atoms with van der Waals surface area (Å²) in [5, 5.41) is 1.24. The number of carbonyl (C=O) groups is 1. The van der Waals surface area contributed by atoms with Crippen LogP contribution in [0.5, 0.6) is 0 Å². The van der Waals surface area contributed by atoms with Crippen LogP contribution in [0.1, 0.15) is 53.0 Å². The van der Waals surface area contributed by atoms with Crippen LogP contribution in [0.2, 0.25) is 18.1 Å². The fourth-order valence-electron chi connectivity index (χ4n) is 3.11. The molecule has 0 N–H and O–H groups in total. The van der Waals surface area contributed by atoms with Gasteiger partial charge in [-0.1, -0.05) is 47.7 Å². The third-order valence-corrected chi connectivity index (χ3v) is 10.8. The minimum atomic E-state index is -1.86. The van der Waals surface area contributed by atoms with Crippen molar-refractivity contribution < 1.29 is 9.53 Å². The van der Waals surface area contributed by atoms with Crippen LogP contribution in [0.4, 0.5) is 0 Å². The molecule has 2 aromatic heterocycles. The highest BCUT2D eigenvalue weighted by Crippen LogP contribution is 2.41. The summed E-state index contributed by atoms with van der Waals surface area (Å²) in [6, 6.07) is 4.03.